The SMILES string of the molecule is CC(O)C(C)(C)NCc1csnn1. The molecule has 1 aromatic rings. The van der Waals surface area contributed by atoms with Gasteiger partial charge in [-0.1, -0.05) is 4.49 Å². The molecule has 0 saturated heterocycles. The molecule has 1 aromatic heterocycles. The highest BCUT2D eigenvalue weighted by Crippen LogP contribution is 2.09. The van der Waals surface area contributed by atoms with Crippen LogP contribution in [0.15, 0.2) is 5.38 Å². The van der Waals surface area contributed by atoms with Crippen molar-refractivity contribution >= 4 is 11.5 Å². The summed E-state index contributed by atoms with van der Waals surface area (Å²) in [4.78, 5) is 0. The third-order valence-corrected chi connectivity index (χ3v) is 2.73. The molecule has 4 nitrogen and oxygen atoms in total. The van der Waals surface area contributed by atoms with Crippen LogP contribution in [0, 0.1) is 0 Å². The third kappa shape index (κ3) is 3.02. The second-order valence-corrected chi connectivity index (χ2v) is 4.26. The lowest BCUT2D eigenvalue weighted by Crippen LogP contribution is -2.47. The number of aliphatic hydroxyl groups excluding tert-OH is 1. The van der Waals surface area contributed by atoms with Crippen LogP contribution in [0.3, 0.4) is 0 Å². The van der Waals surface area contributed by atoms with Crippen molar-refractivity contribution in [2.45, 2.75) is 39.0 Å². The van der Waals surface area contributed by atoms with Crippen LogP contribution in [-0.2, 0) is 6.54 Å². The van der Waals surface area contributed by atoms with E-state index in [9.17, 15) is 5.11 Å². The van der Waals surface area contributed by atoms with E-state index in [1.165, 1.54) is 11.5 Å². The molecule has 0 spiro atoms. The molecule has 13 heavy (non-hydrogen) atoms. The Balaban J connectivity index is 2.42. The fourth-order valence-corrected chi connectivity index (χ4v) is 1.18. The average molecular weight is 201 g/mol. The van der Waals surface area contributed by atoms with Gasteiger partial charge in [-0.2, -0.15) is 0 Å². The molecule has 0 aliphatic heterocycles. The Hall–Kier alpha value is -0.520. The van der Waals surface area contributed by atoms with Gasteiger partial charge in [-0.25, -0.2) is 0 Å². The maximum Gasteiger partial charge on any atom is 0.0893 e. The first-order valence-corrected chi connectivity index (χ1v) is 5.05. The topological polar surface area (TPSA) is 58.0 Å². The fraction of sp³-hybridized carbons (Fsp3) is 0.750. The number of aromatic nitrogens is 2. The predicted octanol–water partition coefficient (Wildman–Crippen LogP) is 0.787. The Bertz CT molecular complexity index is 246. The molecule has 0 aromatic carbocycles. The Morgan fingerprint density at radius 3 is 2.85 bits per heavy atom. The van der Waals surface area contributed by atoms with Gasteiger partial charge in [0.15, 0.2) is 0 Å². The van der Waals surface area contributed by atoms with E-state index in [0.29, 0.717) is 6.54 Å². The first kappa shape index (κ1) is 10.6. The van der Waals surface area contributed by atoms with Crippen molar-refractivity contribution in [1.29, 1.82) is 0 Å². The van der Waals surface area contributed by atoms with Crippen molar-refractivity contribution in [3.8, 4) is 0 Å². The quantitative estimate of drug-likeness (QED) is 0.756. The Morgan fingerprint density at radius 2 is 2.38 bits per heavy atom. The van der Waals surface area contributed by atoms with Gasteiger partial charge >= 0.3 is 0 Å². The van der Waals surface area contributed by atoms with Crippen molar-refractivity contribution in [2.75, 3.05) is 0 Å². The zero-order valence-corrected chi connectivity index (χ0v) is 8.93. The maximum atomic E-state index is 9.41. The number of hydrogen-bond acceptors (Lipinski definition) is 5. The monoisotopic (exact) mass is 201 g/mol. The molecule has 2 N–H and O–H groups in total. The van der Waals surface area contributed by atoms with Gasteiger partial charge in [-0.3, -0.25) is 0 Å². The summed E-state index contributed by atoms with van der Waals surface area (Å²) in [6.45, 7) is 6.33. The van der Waals surface area contributed by atoms with Crippen molar-refractivity contribution < 1.29 is 5.11 Å². The van der Waals surface area contributed by atoms with Crippen LogP contribution < -0.4 is 5.32 Å². The van der Waals surface area contributed by atoms with Crippen LogP contribution in [0.1, 0.15) is 26.5 Å². The highest BCUT2D eigenvalue weighted by atomic mass is 32.1. The number of nitrogens with one attached hydrogen (secondary N) is 1. The first-order chi connectivity index (χ1) is 6.02. The molecule has 0 saturated carbocycles. The Labute approximate surface area is 82.2 Å². The molecule has 5 heteroatoms. The summed E-state index contributed by atoms with van der Waals surface area (Å²) in [5.74, 6) is 0. The van der Waals surface area contributed by atoms with Gasteiger partial charge in [0.05, 0.1) is 11.8 Å². The maximum absolute atomic E-state index is 9.41. The summed E-state index contributed by atoms with van der Waals surface area (Å²) in [5.41, 5.74) is 0.627. The summed E-state index contributed by atoms with van der Waals surface area (Å²) in [6, 6.07) is 0. The van der Waals surface area contributed by atoms with Gasteiger partial charge < -0.3 is 10.4 Å². The molecule has 1 heterocycles. The summed E-state index contributed by atoms with van der Waals surface area (Å²) in [5, 5.41) is 18.4. The number of aliphatic hydroxyl groups is 1. The highest BCUT2D eigenvalue weighted by Gasteiger charge is 2.23. The van der Waals surface area contributed by atoms with Crippen molar-refractivity contribution in [1.82, 2.24) is 14.9 Å². The number of rotatable bonds is 4. The van der Waals surface area contributed by atoms with E-state index in [2.05, 4.69) is 14.9 Å². The van der Waals surface area contributed by atoms with Crippen LogP contribution in [0.5, 0.6) is 0 Å². The molecular formula is C8H15N3OS. The van der Waals surface area contributed by atoms with Gasteiger partial charge in [-0.05, 0) is 32.3 Å². The van der Waals surface area contributed by atoms with Crippen LogP contribution >= 0.6 is 11.5 Å². The molecule has 74 valence electrons. The van der Waals surface area contributed by atoms with Crippen molar-refractivity contribution in [3.63, 3.8) is 0 Å². The van der Waals surface area contributed by atoms with Crippen molar-refractivity contribution in [3.05, 3.63) is 11.1 Å². The van der Waals surface area contributed by atoms with E-state index in [-0.39, 0.29) is 11.6 Å². The molecule has 0 aliphatic rings. The van der Waals surface area contributed by atoms with Gasteiger partial charge in [0.1, 0.15) is 0 Å². The molecule has 0 bridgehead atoms. The molecule has 1 unspecified atom stereocenters. The van der Waals surface area contributed by atoms with Crippen molar-refractivity contribution in [2.24, 2.45) is 0 Å². The molecule has 0 aliphatic carbocycles. The Morgan fingerprint density at radius 1 is 1.69 bits per heavy atom. The minimum absolute atomic E-state index is 0.288. The van der Waals surface area contributed by atoms with Crippen LogP contribution in [0.25, 0.3) is 0 Å². The molecule has 1 atom stereocenters. The lowest BCUT2D eigenvalue weighted by Gasteiger charge is -2.29. The lowest BCUT2D eigenvalue weighted by molar-refractivity contribution is 0.0954. The second kappa shape index (κ2) is 4.13. The minimum atomic E-state index is -0.390. The largest absolute Gasteiger partial charge is 0.392 e. The summed E-state index contributed by atoms with van der Waals surface area (Å²) >= 11 is 1.33. The number of hydrogen-bond donors (Lipinski definition) is 2. The van der Waals surface area contributed by atoms with Gasteiger partial charge in [-0.15, -0.1) is 5.10 Å². The smallest absolute Gasteiger partial charge is 0.0893 e. The highest BCUT2D eigenvalue weighted by molar-refractivity contribution is 7.03. The lowest BCUT2D eigenvalue weighted by atomic mass is 9.99. The molecule has 0 radical (unpaired) electrons. The Kier molecular flexibility index (Phi) is 3.35. The molecule has 0 fully saturated rings. The molecule has 0 amide bonds. The third-order valence-electron chi connectivity index (χ3n) is 2.17. The fourth-order valence-electron chi connectivity index (χ4n) is 0.727. The predicted molar refractivity (Wildman–Crippen MR) is 52.5 cm³/mol. The van der Waals surface area contributed by atoms with Gasteiger partial charge in [0.25, 0.3) is 0 Å². The summed E-state index contributed by atoms with van der Waals surface area (Å²) in [6.07, 6.45) is -0.390. The zero-order valence-electron chi connectivity index (χ0n) is 8.11. The molecule has 1 rings (SSSR count). The van der Waals surface area contributed by atoms with E-state index < -0.39 is 0 Å². The number of nitrogens with zero attached hydrogens (tertiary/aromatic N) is 2. The van der Waals surface area contributed by atoms with Crippen LogP contribution in [0.4, 0.5) is 0 Å². The first-order valence-electron chi connectivity index (χ1n) is 4.21. The molecular weight excluding hydrogens is 186 g/mol. The van der Waals surface area contributed by atoms with E-state index in [1.54, 1.807) is 6.92 Å². The summed E-state index contributed by atoms with van der Waals surface area (Å²) < 4.78 is 3.76. The second-order valence-electron chi connectivity index (χ2n) is 3.65. The van der Waals surface area contributed by atoms with Gasteiger partial charge in [0.2, 0.25) is 0 Å². The minimum Gasteiger partial charge on any atom is -0.392 e. The van der Waals surface area contributed by atoms with Crippen LogP contribution in [0.2, 0.25) is 0 Å². The van der Waals surface area contributed by atoms with Crippen LogP contribution in [-0.4, -0.2) is 26.3 Å². The van der Waals surface area contributed by atoms with E-state index in [1.807, 2.05) is 19.2 Å². The normalized spacial score (nSPS) is 14.5. The average Bonchev–Trinajstić information content (AvgIpc) is 2.52. The van der Waals surface area contributed by atoms with Gasteiger partial charge in [0, 0.05) is 17.5 Å². The van der Waals surface area contributed by atoms with E-state index >= 15 is 0 Å². The van der Waals surface area contributed by atoms with E-state index in [4.69, 9.17) is 0 Å². The summed E-state index contributed by atoms with van der Waals surface area (Å²) in [7, 11) is 0. The standard InChI is InChI=1S/C8H15N3OS/c1-6(12)8(2,3)9-4-7-5-13-11-10-7/h5-6,9,12H,4H2,1-3H3. The zero-order chi connectivity index (χ0) is 9.90. The van der Waals surface area contributed by atoms with E-state index in [0.717, 1.165) is 5.69 Å².